The summed E-state index contributed by atoms with van der Waals surface area (Å²) in [5.74, 6) is 0.0652. The molecule has 3 rings (SSSR count). The van der Waals surface area contributed by atoms with E-state index >= 15 is 0 Å². The van der Waals surface area contributed by atoms with Crippen molar-refractivity contribution in [3.8, 4) is 0 Å². The fourth-order valence-corrected chi connectivity index (χ4v) is 3.17. The second-order valence-electron chi connectivity index (χ2n) is 6.39. The van der Waals surface area contributed by atoms with Gasteiger partial charge in [-0.2, -0.15) is 0 Å². The van der Waals surface area contributed by atoms with Gasteiger partial charge in [0.2, 0.25) is 0 Å². The minimum absolute atomic E-state index is 0.00309. The van der Waals surface area contributed by atoms with Crippen LogP contribution in [0.25, 0.3) is 0 Å². The Balaban J connectivity index is 1.83. The molecule has 1 aliphatic heterocycles. The number of morpholine rings is 1. The zero-order chi connectivity index (χ0) is 17.1. The van der Waals surface area contributed by atoms with Crippen LogP contribution in [0.4, 0.5) is 5.69 Å². The molecule has 2 aromatic rings. The third-order valence-electron chi connectivity index (χ3n) is 4.56. The molecule has 1 amide bonds. The molecule has 2 unspecified atom stereocenters. The fraction of sp³-hybridized carbons (Fsp3) is 0.350. The van der Waals surface area contributed by atoms with Gasteiger partial charge in [0.15, 0.2) is 0 Å². The number of carbonyl (C=O) groups excluding carboxylic acids is 1. The maximum absolute atomic E-state index is 13.0. The van der Waals surface area contributed by atoms with Crippen LogP contribution in [0.2, 0.25) is 0 Å². The van der Waals surface area contributed by atoms with E-state index in [0.717, 1.165) is 16.8 Å². The molecule has 0 aromatic heterocycles. The van der Waals surface area contributed by atoms with E-state index in [4.69, 9.17) is 4.74 Å². The van der Waals surface area contributed by atoms with E-state index in [1.165, 1.54) is 0 Å². The van der Waals surface area contributed by atoms with Crippen LogP contribution < -0.4 is 4.90 Å². The van der Waals surface area contributed by atoms with E-state index in [9.17, 15) is 4.79 Å². The number of hydrogen-bond donors (Lipinski definition) is 0. The molecule has 0 aliphatic carbocycles. The Labute approximate surface area is 143 Å². The standard InChI is InChI=1S/C20H24N2O2/c1-15-19(16-8-5-4-6-9-16)24-13-12-22(15)20(23)17-10-7-11-18(14-17)21(2)3/h4-11,14-15,19H,12-13H2,1-3H3. The van der Waals surface area contributed by atoms with Crippen molar-refractivity contribution in [2.45, 2.75) is 19.1 Å². The van der Waals surface area contributed by atoms with Crippen LogP contribution in [0.3, 0.4) is 0 Å². The Kier molecular flexibility index (Phi) is 4.86. The predicted octanol–water partition coefficient (Wildman–Crippen LogP) is 3.35. The molecule has 4 heteroatoms. The highest BCUT2D eigenvalue weighted by Crippen LogP contribution is 2.29. The van der Waals surface area contributed by atoms with Gasteiger partial charge in [0, 0.05) is 31.9 Å². The number of hydrogen-bond acceptors (Lipinski definition) is 3. The molecule has 126 valence electrons. The molecule has 0 bridgehead atoms. The van der Waals surface area contributed by atoms with E-state index in [0.29, 0.717) is 13.2 Å². The Bertz CT molecular complexity index is 700. The molecule has 2 atom stereocenters. The average Bonchev–Trinajstić information content (AvgIpc) is 2.62. The van der Waals surface area contributed by atoms with Crippen molar-refractivity contribution in [2.75, 3.05) is 32.1 Å². The summed E-state index contributed by atoms with van der Waals surface area (Å²) in [6, 6.07) is 17.9. The number of nitrogens with zero attached hydrogens (tertiary/aromatic N) is 2. The van der Waals surface area contributed by atoms with Gasteiger partial charge in [0.1, 0.15) is 6.10 Å². The highest BCUT2D eigenvalue weighted by molar-refractivity contribution is 5.95. The third-order valence-corrected chi connectivity index (χ3v) is 4.56. The van der Waals surface area contributed by atoms with Crippen LogP contribution in [0.5, 0.6) is 0 Å². The molecule has 0 radical (unpaired) electrons. The Morgan fingerprint density at radius 3 is 2.58 bits per heavy atom. The largest absolute Gasteiger partial charge is 0.378 e. The van der Waals surface area contributed by atoms with E-state index in [1.807, 2.05) is 66.4 Å². The second kappa shape index (κ2) is 7.05. The summed E-state index contributed by atoms with van der Waals surface area (Å²) < 4.78 is 5.95. The van der Waals surface area contributed by atoms with E-state index < -0.39 is 0 Å². The number of benzene rings is 2. The van der Waals surface area contributed by atoms with Crippen molar-refractivity contribution < 1.29 is 9.53 Å². The fourth-order valence-electron chi connectivity index (χ4n) is 3.17. The summed E-state index contributed by atoms with van der Waals surface area (Å²) in [6.07, 6.45) is -0.0825. The van der Waals surface area contributed by atoms with Crippen molar-refractivity contribution >= 4 is 11.6 Å². The van der Waals surface area contributed by atoms with Crippen LogP contribution in [0, 0.1) is 0 Å². The van der Waals surface area contributed by atoms with Gasteiger partial charge in [-0.1, -0.05) is 36.4 Å². The summed E-state index contributed by atoms with van der Waals surface area (Å²) in [7, 11) is 3.96. The van der Waals surface area contributed by atoms with Gasteiger partial charge in [0.05, 0.1) is 12.6 Å². The summed E-state index contributed by atoms with van der Waals surface area (Å²) in [5.41, 5.74) is 2.87. The summed E-state index contributed by atoms with van der Waals surface area (Å²) in [6.45, 7) is 3.24. The molecule has 0 spiro atoms. The van der Waals surface area contributed by atoms with Crippen molar-refractivity contribution in [1.29, 1.82) is 0 Å². The third kappa shape index (κ3) is 3.29. The van der Waals surface area contributed by atoms with Crippen LogP contribution >= 0.6 is 0 Å². The van der Waals surface area contributed by atoms with Crippen molar-refractivity contribution in [2.24, 2.45) is 0 Å². The minimum atomic E-state index is -0.0825. The second-order valence-corrected chi connectivity index (χ2v) is 6.39. The summed E-state index contributed by atoms with van der Waals surface area (Å²) in [5, 5.41) is 0. The lowest BCUT2D eigenvalue weighted by molar-refractivity contribution is -0.0551. The van der Waals surface area contributed by atoms with E-state index in [-0.39, 0.29) is 18.1 Å². The zero-order valence-electron chi connectivity index (χ0n) is 14.5. The molecule has 1 aliphatic rings. The molecule has 4 nitrogen and oxygen atoms in total. The van der Waals surface area contributed by atoms with E-state index in [2.05, 4.69) is 19.1 Å². The minimum Gasteiger partial charge on any atom is -0.378 e. The van der Waals surface area contributed by atoms with Gasteiger partial charge < -0.3 is 14.5 Å². The molecule has 0 saturated carbocycles. The van der Waals surface area contributed by atoms with Gasteiger partial charge in [-0.05, 0) is 30.7 Å². The number of rotatable bonds is 3. The Morgan fingerprint density at radius 1 is 1.12 bits per heavy atom. The van der Waals surface area contributed by atoms with Crippen molar-refractivity contribution in [3.05, 3.63) is 65.7 Å². The Morgan fingerprint density at radius 2 is 1.88 bits per heavy atom. The SMILES string of the molecule is CC1C(c2ccccc2)OCCN1C(=O)c1cccc(N(C)C)c1. The lowest BCUT2D eigenvalue weighted by Gasteiger charge is -2.39. The van der Waals surface area contributed by atoms with Gasteiger partial charge in [-0.25, -0.2) is 0 Å². The molecule has 2 aromatic carbocycles. The topological polar surface area (TPSA) is 32.8 Å². The van der Waals surface area contributed by atoms with Crippen LogP contribution in [0.1, 0.15) is 28.9 Å². The van der Waals surface area contributed by atoms with Gasteiger partial charge in [0.25, 0.3) is 5.91 Å². The molecule has 1 heterocycles. The summed E-state index contributed by atoms with van der Waals surface area (Å²) >= 11 is 0. The van der Waals surface area contributed by atoms with Gasteiger partial charge in [-0.3, -0.25) is 4.79 Å². The lowest BCUT2D eigenvalue weighted by atomic mass is 9.99. The molecule has 1 fully saturated rings. The normalized spacial score (nSPS) is 20.7. The van der Waals surface area contributed by atoms with Gasteiger partial charge >= 0.3 is 0 Å². The number of amides is 1. The highest BCUT2D eigenvalue weighted by Gasteiger charge is 2.33. The quantitative estimate of drug-likeness (QED) is 0.868. The monoisotopic (exact) mass is 324 g/mol. The Hall–Kier alpha value is -2.33. The highest BCUT2D eigenvalue weighted by atomic mass is 16.5. The van der Waals surface area contributed by atoms with Crippen LogP contribution in [-0.2, 0) is 4.74 Å². The molecular weight excluding hydrogens is 300 g/mol. The zero-order valence-corrected chi connectivity index (χ0v) is 14.5. The lowest BCUT2D eigenvalue weighted by Crippen LogP contribution is -2.48. The molecule has 0 N–H and O–H groups in total. The number of carbonyl (C=O) groups is 1. The predicted molar refractivity (Wildman–Crippen MR) is 96.4 cm³/mol. The number of ether oxygens (including phenoxy) is 1. The van der Waals surface area contributed by atoms with Crippen LogP contribution in [0.15, 0.2) is 54.6 Å². The first-order valence-corrected chi connectivity index (χ1v) is 8.33. The smallest absolute Gasteiger partial charge is 0.254 e. The van der Waals surface area contributed by atoms with E-state index in [1.54, 1.807) is 0 Å². The maximum atomic E-state index is 13.0. The summed E-state index contributed by atoms with van der Waals surface area (Å²) in [4.78, 5) is 16.9. The average molecular weight is 324 g/mol. The van der Waals surface area contributed by atoms with Crippen molar-refractivity contribution in [1.82, 2.24) is 4.90 Å². The first-order chi connectivity index (χ1) is 11.6. The number of anilines is 1. The molecule has 24 heavy (non-hydrogen) atoms. The first kappa shape index (κ1) is 16.5. The molecule has 1 saturated heterocycles. The van der Waals surface area contributed by atoms with Crippen LogP contribution in [-0.4, -0.2) is 44.1 Å². The maximum Gasteiger partial charge on any atom is 0.254 e. The first-order valence-electron chi connectivity index (χ1n) is 8.33. The van der Waals surface area contributed by atoms with Gasteiger partial charge in [-0.15, -0.1) is 0 Å². The molecular formula is C20H24N2O2. The van der Waals surface area contributed by atoms with Crippen molar-refractivity contribution in [3.63, 3.8) is 0 Å².